The van der Waals surface area contributed by atoms with E-state index in [1.165, 1.54) is 22.8 Å². The maximum atomic E-state index is 13.8. The molecule has 0 saturated carbocycles. The van der Waals surface area contributed by atoms with Gasteiger partial charge in [0, 0.05) is 24.5 Å². The second-order valence-corrected chi connectivity index (χ2v) is 5.91. The smallest absolute Gasteiger partial charge is 0.323 e. The van der Waals surface area contributed by atoms with Crippen molar-refractivity contribution >= 4 is 17.0 Å². The number of fused-ring (bicyclic) bond motifs is 1. The quantitative estimate of drug-likeness (QED) is 0.731. The Balaban J connectivity index is 2.05. The van der Waals surface area contributed by atoms with Crippen molar-refractivity contribution in [3.8, 4) is 0 Å². The minimum Gasteiger partial charge on any atom is -0.480 e. The number of carboxylic acids is 1. The Kier molecular flexibility index (Phi) is 4.83. The minimum absolute atomic E-state index is 0.128. The fourth-order valence-electron chi connectivity index (χ4n) is 2.91. The highest BCUT2D eigenvalue weighted by Gasteiger charge is 2.16. The van der Waals surface area contributed by atoms with E-state index in [1.807, 2.05) is 6.92 Å². The largest absolute Gasteiger partial charge is 0.480 e. The number of carboxylic acid groups (broad SMARTS) is 1. The second kappa shape index (κ2) is 7.07. The van der Waals surface area contributed by atoms with Crippen LogP contribution in [0.4, 0.5) is 8.78 Å². The van der Waals surface area contributed by atoms with Crippen molar-refractivity contribution < 1.29 is 18.7 Å². The van der Waals surface area contributed by atoms with Crippen LogP contribution in [0.3, 0.4) is 0 Å². The third-order valence-corrected chi connectivity index (χ3v) is 4.21. The number of benzene rings is 1. The molecular weight excluding hydrogens is 344 g/mol. The predicted molar refractivity (Wildman–Crippen MR) is 91.1 cm³/mol. The standard InChI is InChI=1S/C18H17F2N3O3/c1-2-22-9-13-15(24)8-12(23(10-16(25)26)18(13)21-22)7-6-11-4-3-5-14(19)17(11)20/h3-5,8-9H,2,6-7,10H2,1H3,(H,25,26). The first kappa shape index (κ1) is 17.8. The molecule has 1 aromatic carbocycles. The first-order valence-corrected chi connectivity index (χ1v) is 8.15. The summed E-state index contributed by atoms with van der Waals surface area (Å²) in [7, 11) is 0. The Hall–Kier alpha value is -3.03. The predicted octanol–water partition coefficient (Wildman–Crippen LogP) is 2.37. The van der Waals surface area contributed by atoms with Crippen LogP contribution in [0.1, 0.15) is 18.2 Å². The van der Waals surface area contributed by atoms with Crippen molar-refractivity contribution in [2.75, 3.05) is 0 Å². The lowest BCUT2D eigenvalue weighted by Crippen LogP contribution is -2.19. The molecule has 0 spiro atoms. The first-order valence-electron chi connectivity index (χ1n) is 8.15. The normalized spacial score (nSPS) is 11.2. The van der Waals surface area contributed by atoms with Crippen LogP contribution in [0.15, 0.2) is 35.3 Å². The van der Waals surface area contributed by atoms with Crippen LogP contribution in [0.25, 0.3) is 11.0 Å². The van der Waals surface area contributed by atoms with E-state index in [2.05, 4.69) is 5.10 Å². The molecule has 0 aliphatic carbocycles. The SMILES string of the molecule is CCn1cc2c(=O)cc(CCc3cccc(F)c3F)n(CC(=O)O)c2n1. The highest BCUT2D eigenvalue weighted by molar-refractivity contribution is 5.77. The topological polar surface area (TPSA) is 77.1 Å². The number of aromatic nitrogens is 3. The molecule has 3 aromatic rings. The van der Waals surface area contributed by atoms with Crippen LogP contribution in [-0.4, -0.2) is 25.4 Å². The van der Waals surface area contributed by atoms with Gasteiger partial charge in [0.15, 0.2) is 22.7 Å². The summed E-state index contributed by atoms with van der Waals surface area (Å²) in [5, 5.41) is 13.8. The van der Waals surface area contributed by atoms with Crippen molar-refractivity contribution in [2.24, 2.45) is 0 Å². The van der Waals surface area contributed by atoms with E-state index in [4.69, 9.17) is 0 Å². The average Bonchev–Trinajstić information content (AvgIpc) is 3.04. The van der Waals surface area contributed by atoms with Crippen LogP contribution in [0, 0.1) is 11.6 Å². The maximum Gasteiger partial charge on any atom is 0.323 e. The number of nitrogens with zero attached hydrogens (tertiary/aromatic N) is 3. The van der Waals surface area contributed by atoms with Crippen molar-refractivity contribution in [2.45, 2.75) is 32.9 Å². The maximum absolute atomic E-state index is 13.8. The van der Waals surface area contributed by atoms with Crippen molar-refractivity contribution in [1.29, 1.82) is 0 Å². The molecule has 0 aliphatic rings. The van der Waals surface area contributed by atoms with Gasteiger partial charge >= 0.3 is 5.97 Å². The van der Waals surface area contributed by atoms with Gasteiger partial charge < -0.3 is 9.67 Å². The molecule has 0 amide bonds. The van der Waals surface area contributed by atoms with Gasteiger partial charge in [-0.05, 0) is 31.4 Å². The van der Waals surface area contributed by atoms with Gasteiger partial charge in [0.1, 0.15) is 6.54 Å². The number of carbonyl (C=O) groups is 1. The van der Waals surface area contributed by atoms with Crippen LogP contribution in [0.5, 0.6) is 0 Å². The summed E-state index contributed by atoms with van der Waals surface area (Å²) >= 11 is 0. The first-order chi connectivity index (χ1) is 12.4. The lowest BCUT2D eigenvalue weighted by molar-refractivity contribution is -0.137. The van der Waals surface area contributed by atoms with E-state index in [9.17, 15) is 23.5 Å². The Morgan fingerprint density at radius 3 is 2.73 bits per heavy atom. The van der Waals surface area contributed by atoms with E-state index in [0.29, 0.717) is 17.6 Å². The second-order valence-electron chi connectivity index (χ2n) is 5.91. The summed E-state index contributed by atoms with van der Waals surface area (Å²) in [4.78, 5) is 23.6. The molecule has 0 unspecified atom stereocenters. The van der Waals surface area contributed by atoms with Crippen molar-refractivity contribution in [3.05, 3.63) is 63.6 Å². The van der Waals surface area contributed by atoms with E-state index in [0.717, 1.165) is 6.07 Å². The molecule has 0 saturated heterocycles. The van der Waals surface area contributed by atoms with E-state index >= 15 is 0 Å². The number of hydrogen-bond donors (Lipinski definition) is 1. The fraction of sp³-hybridized carbons (Fsp3) is 0.278. The van der Waals surface area contributed by atoms with Crippen molar-refractivity contribution in [1.82, 2.24) is 14.3 Å². The summed E-state index contributed by atoms with van der Waals surface area (Å²) < 4.78 is 30.2. The van der Waals surface area contributed by atoms with E-state index in [-0.39, 0.29) is 36.0 Å². The van der Waals surface area contributed by atoms with Crippen LogP contribution in [0.2, 0.25) is 0 Å². The van der Waals surface area contributed by atoms with Gasteiger partial charge in [0.2, 0.25) is 0 Å². The molecule has 2 heterocycles. The van der Waals surface area contributed by atoms with Gasteiger partial charge in [-0.2, -0.15) is 5.10 Å². The molecule has 0 atom stereocenters. The van der Waals surface area contributed by atoms with Gasteiger partial charge in [-0.15, -0.1) is 0 Å². The Bertz CT molecular complexity index is 1040. The number of pyridine rings is 1. The minimum atomic E-state index is -1.08. The Morgan fingerprint density at radius 1 is 1.27 bits per heavy atom. The third kappa shape index (κ3) is 3.35. The molecule has 0 fully saturated rings. The van der Waals surface area contributed by atoms with Crippen molar-refractivity contribution in [3.63, 3.8) is 0 Å². The zero-order valence-electron chi connectivity index (χ0n) is 14.1. The van der Waals surface area contributed by atoms with E-state index < -0.39 is 17.6 Å². The molecule has 0 radical (unpaired) electrons. The molecule has 26 heavy (non-hydrogen) atoms. The van der Waals surface area contributed by atoms with Crippen LogP contribution in [-0.2, 0) is 30.7 Å². The van der Waals surface area contributed by atoms with Gasteiger partial charge in [-0.25, -0.2) is 8.78 Å². The molecule has 6 nitrogen and oxygen atoms in total. The molecule has 136 valence electrons. The van der Waals surface area contributed by atoms with Crippen LogP contribution < -0.4 is 5.43 Å². The molecule has 0 bridgehead atoms. The molecule has 2 aromatic heterocycles. The summed E-state index contributed by atoms with van der Waals surface area (Å²) in [5.74, 6) is -2.96. The molecule has 0 aliphatic heterocycles. The summed E-state index contributed by atoms with van der Waals surface area (Å²) in [6, 6.07) is 5.24. The third-order valence-electron chi connectivity index (χ3n) is 4.21. The zero-order valence-corrected chi connectivity index (χ0v) is 14.1. The van der Waals surface area contributed by atoms with Gasteiger partial charge in [-0.1, -0.05) is 12.1 Å². The highest BCUT2D eigenvalue weighted by Crippen LogP contribution is 2.17. The molecular formula is C18H17F2N3O3. The summed E-state index contributed by atoms with van der Waals surface area (Å²) in [6.45, 7) is 2.01. The lowest BCUT2D eigenvalue weighted by Gasteiger charge is -2.12. The lowest BCUT2D eigenvalue weighted by atomic mass is 10.1. The number of hydrogen-bond acceptors (Lipinski definition) is 3. The number of halogens is 2. The number of rotatable bonds is 6. The Morgan fingerprint density at radius 2 is 2.04 bits per heavy atom. The van der Waals surface area contributed by atoms with Crippen LogP contribution >= 0.6 is 0 Å². The van der Waals surface area contributed by atoms with Gasteiger partial charge in [-0.3, -0.25) is 14.3 Å². The zero-order chi connectivity index (χ0) is 18.8. The van der Waals surface area contributed by atoms with E-state index in [1.54, 1.807) is 10.9 Å². The summed E-state index contributed by atoms with van der Waals surface area (Å²) in [6.07, 6.45) is 1.88. The molecule has 8 heteroatoms. The summed E-state index contributed by atoms with van der Waals surface area (Å²) in [5.41, 5.74) is 0.570. The molecule has 3 rings (SSSR count). The Labute approximate surface area is 147 Å². The van der Waals surface area contributed by atoms with Gasteiger partial charge in [0.25, 0.3) is 0 Å². The van der Waals surface area contributed by atoms with Gasteiger partial charge in [0.05, 0.1) is 5.39 Å². The fourth-order valence-corrected chi connectivity index (χ4v) is 2.91. The average molecular weight is 361 g/mol. The number of aryl methyl sites for hydroxylation is 3. The number of aliphatic carboxylic acids is 1. The molecule has 1 N–H and O–H groups in total. The monoisotopic (exact) mass is 361 g/mol. The highest BCUT2D eigenvalue weighted by atomic mass is 19.2.